The van der Waals surface area contributed by atoms with Crippen molar-refractivity contribution in [3.05, 3.63) is 65.0 Å². The Morgan fingerprint density at radius 1 is 1.12 bits per heavy atom. The van der Waals surface area contributed by atoms with E-state index in [2.05, 4.69) is 23.6 Å². The van der Waals surface area contributed by atoms with Crippen molar-refractivity contribution in [3.63, 3.8) is 0 Å². The molecule has 0 spiro atoms. The number of likely N-dealkylation sites (tertiary alicyclic amines) is 1. The maximum absolute atomic E-state index is 13.7. The quantitative estimate of drug-likeness (QED) is 0.683. The van der Waals surface area contributed by atoms with Gasteiger partial charge in [-0.25, -0.2) is 4.39 Å². The largest absolute Gasteiger partial charge is 0.508 e. The van der Waals surface area contributed by atoms with E-state index in [0.717, 1.165) is 62.0 Å². The molecule has 0 radical (unpaired) electrons. The number of phenolic OH excluding ortho intramolecular Hbond substituents is 1. The molecule has 4 rings (SSSR count). The van der Waals surface area contributed by atoms with Crippen LogP contribution in [-0.4, -0.2) is 47.0 Å². The third-order valence-corrected chi connectivity index (χ3v) is 6.92. The van der Waals surface area contributed by atoms with E-state index in [0.29, 0.717) is 12.3 Å². The highest BCUT2D eigenvalue weighted by Gasteiger charge is 2.37. The van der Waals surface area contributed by atoms with Crippen LogP contribution in [0.4, 0.5) is 4.39 Å². The van der Waals surface area contributed by atoms with Crippen LogP contribution in [-0.2, 0) is 17.6 Å². The highest BCUT2D eigenvalue weighted by Crippen LogP contribution is 2.37. The molecule has 1 N–H and O–H groups in total. The van der Waals surface area contributed by atoms with Gasteiger partial charge in [0.05, 0.1) is 6.04 Å². The SMILES string of the molecule is CC(C)C1c2ccc(F)cc2CCN1C(=O)C1CCN(CCc2ccccc2O)CC1.Cl. The molecule has 174 valence electrons. The predicted molar refractivity (Wildman–Crippen MR) is 128 cm³/mol. The molecule has 6 heteroatoms. The van der Waals surface area contributed by atoms with Gasteiger partial charge in [0.1, 0.15) is 11.6 Å². The van der Waals surface area contributed by atoms with Crippen molar-refractivity contribution >= 4 is 18.3 Å². The van der Waals surface area contributed by atoms with Gasteiger partial charge in [-0.05, 0) is 79.6 Å². The van der Waals surface area contributed by atoms with E-state index >= 15 is 0 Å². The molecule has 0 aliphatic carbocycles. The molecule has 0 saturated carbocycles. The Labute approximate surface area is 196 Å². The average molecular weight is 461 g/mol. The zero-order valence-corrected chi connectivity index (χ0v) is 19.8. The fourth-order valence-electron chi connectivity index (χ4n) is 5.23. The van der Waals surface area contributed by atoms with E-state index in [1.54, 1.807) is 12.1 Å². The van der Waals surface area contributed by atoms with Crippen LogP contribution in [0.3, 0.4) is 0 Å². The number of halogens is 2. The third-order valence-electron chi connectivity index (χ3n) is 6.92. The number of carbonyl (C=O) groups excluding carboxylic acids is 1. The van der Waals surface area contributed by atoms with Crippen molar-refractivity contribution in [1.82, 2.24) is 9.80 Å². The van der Waals surface area contributed by atoms with E-state index in [1.165, 1.54) is 6.07 Å². The lowest BCUT2D eigenvalue weighted by Gasteiger charge is -2.42. The summed E-state index contributed by atoms with van der Waals surface area (Å²) in [5.74, 6) is 0.764. The average Bonchev–Trinajstić information content (AvgIpc) is 2.77. The minimum Gasteiger partial charge on any atom is -0.508 e. The van der Waals surface area contributed by atoms with Gasteiger partial charge in [-0.1, -0.05) is 38.1 Å². The van der Waals surface area contributed by atoms with Gasteiger partial charge in [0.2, 0.25) is 5.91 Å². The smallest absolute Gasteiger partial charge is 0.226 e. The summed E-state index contributed by atoms with van der Waals surface area (Å²) in [4.78, 5) is 17.9. The first-order valence-corrected chi connectivity index (χ1v) is 11.5. The summed E-state index contributed by atoms with van der Waals surface area (Å²) < 4.78 is 13.7. The van der Waals surface area contributed by atoms with Crippen molar-refractivity contribution in [2.24, 2.45) is 11.8 Å². The lowest BCUT2D eigenvalue weighted by atomic mass is 9.84. The Bertz CT molecular complexity index is 928. The van der Waals surface area contributed by atoms with Gasteiger partial charge in [0.15, 0.2) is 0 Å². The van der Waals surface area contributed by atoms with Gasteiger partial charge in [-0.2, -0.15) is 0 Å². The topological polar surface area (TPSA) is 43.8 Å². The third kappa shape index (κ3) is 5.26. The maximum Gasteiger partial charge on any atom is 0.226 e. The van der Waals surface area contributed by atoms with Gasteiger partial charge in [-0.15, -0.1) is 12.4 Å². The highest BCUT2D eigenvalue weighted by atomic mass is 35.5. The van der Waals surface area contributed by atoms with E-state index in [-0.39, 0.29) is 42.0 Å². The van der Waals surface area contributed by atoms with E-state index in [4.69, 9.17) is 0 Å². The Hall–Kier alpha value is -2.11. The van der Waals surface area contributed by atoms with Crippen LogP contribution in [0.15, 0.2) is 42.5 Å². The second kappa shape index (κ2) is 10.7. The number of amides is 1. The van der Waals surface area contributed by atoms with Crippen molar-refractivity contribution in [2.45, 2.75) is 45.6 Å². The number of benzene rings is 2. The lowest BCUT2D eigenvalue weighted by Crippen LogP contribution is -2.47. The number of rotatable bonds is 5. The van der Waals surface area contributed by atoms with E-state index in [1.807, 2.05) is 24.3 Å². The number of nitrogens with zero attached hydrogens (tertiary/aromatic N) is 2. The summed E-state index contributed by atoms with van der Waals surface area (Å²) in [7, 11) is 0. The van der Waals surface area contributed by atoms with Crippen LogP contribution in [0.25, 0.3) is 0 Å². The van der Waals surface area contributed by atoms with E-state index in [9.17, 15) is 14.3 Å². The predicted octanol–water partition coefficient (Wildman–Crippen LogP) is 4.99. The molecule has 2 aromatic rings. The molecule has 2 heterocycles. The molecule has 1 fully saturated rings. The van der Waals surface area contributed by atoms with Gasteiger partial charge < -0.3 is 14.9 Å². The molecule has 1 atom stereocenters. The molecule has 4 nitrogen and oxygen atoms in total. The Morgan fingerprint density at radius 3 is 2.53 bits per heavy atom. The monoisotopic (exact) mass is 460 g/mol. The fraction of sp³-hybridized carbons (Fsp3) is 0.500. The molecule has 1 amide bonds. The Balaban J connectivity index is 0.00000289. The Morgan fingerprint density at radius 2 is 1.84 bits per heavy atom. The van der Waals surface area contributed by atoms with E-state index < -0.39 is 0 Å². The van der Waals surface area contributed by atoms with Crippen molar-refractivity contribution in [3.8, 4) is 5.75 Å². The first-order chi connectivity index (χ1) is 14.9. The maximum atomic E-state index is 13.7. The summed E-state index contributed by atoms with van der Waals surface area (Å²) in [6, 6.07) is 12.5. The zero-order chi connectivity index (χ0) is 22.0. The van der Waals surface area contributed by atoms with Crippen LogP contribution in [0.1, 0.15) is 49.4 Å². The minimum atomic E-state index is -0.197. The number of hydrogen-bond acceptors (Lipinski definition) is 3. The van der Waals surface area contributed by atoms with Crippen LogP contribution >= 0.6 is 12.4 Å². The summed E-state index contributed by atoms with van der Waals surface area (Å²) in [6.07, 6.45) is 3.29. The van der Waals surface area contributed by atoms with Crippen molar-refractivity contribution in [1.29, 1.82) is 0 Å². The normalized spacial score (nSPS) is 19.5. The summed E-state index contributed by atoms with van der Waals surface area (Å²) in [5.41, 5.74) is 3.13. The first kappa shape index (κ1) is 24.5. The molecule has 2 aromatic carbocycles. The summed E-state index contributed by atoms with van der Waals surface area (Å²) in [6.45, 7) is 7.68. The van der Waals surface area contributed by atoms with Crippen LogP contribution in [0.5, 0.6) is 5.75 Å². The number of carbonyl (C=O) groups is 1. The standard InChI is InChI=1S/C26H33FN2O2.ClH/c1-18(2)25-23-8-7-22(27)17-21(23)12-16-29(25)26(31)20-10-14-28(15-11-20)13-9-19-5-3-4-6-24(19)30;/h3-8,17-18,20,25,30H,9-16H2,1-2H3;1H. The number of hydrogen-bond donors (Lipinski definition) is 1. The molecule has 2 aliphatic heterocycles. The molecule has 0 bridgehead atoms. The fourth-order valence-corrected chi connectivity index (χ4v) is 5.23. The second-order valence-electron chi connectivity index (χ2n) is 9.31. The number of aromatic hydroxyl groups is 1. The second-order valence-corrected chi connectivity index (χ2v) is 9.31. The Kier molecular flexibility index (Phi) is 8.18. The summed E-state index contributed by atoms with van der Waals surface area (Å²) in [5, 5.41) is 9.96. The molecular formula is C26H34ClFN2O2. The number of para-hydroxylation sites is 1. The van der Waals surface area contributed by atoms with Crippen molar-refractivity contribution in [2.75, 3.05) is 26.2 Å². The highest BCUT2D eigenvalue weighted by molar-refractivity contribution is 5.85. The van der Waals surface area contributed by atoms with Crippen LogP contribution < -0.4 is 0 Å². The van der Waals surface area contributed by atoms with Gasteiger partial charge in [-0.3, -0.25) is 4.79 Å². The van der Waals surface area contributed by atoms with Crippen LogP contribution in [0.2, 0.25) is 0 Å². The summed E-state index contributed by atoms with van der Waals surface area (Å²) >= 11 is 0. The molecule has 1 saturated heterocycles. The van der Waals surface area contributed by atoms with Gasteiger partial charge >= 0.3 is 0 Å². The number of piperidine rings is 1. The lowest BCUT2D eigenvalue weighted by molar-refractivity contribution is -0.141. The molecule has 0 aromatic heterocycles. The van der Waals surface area contributed by atoms with Gasteiger partial charge in [0, 0.05) is 19.0 Å². The number of phenols is 1. The minimum absolute atomic E-state index is 0. The molecular weight excluding hydrogens is 427 g/mol. The molecule has 2 aliphatic rings. The first-order valence-electron chi connectivity index (χ1n) is 11.5. The molecule has 32 heavy (non-hydrogen) atoms. The zero-order valence-electron chi connectivity index (χ0n) is 19.0. The number of fused-ring (bicyclic) bond motifs is 1. The van der Waals surface area contributed by atoms with Gasteiger partial charge in [0.25, 0.3) is 0 Å². The molecule has 1 unspecified atom stereocenters. The van der Waals surface area contributed by atoms with Crippen LogP contribution in [0, 0.1) is 17.7 Å². The van der Waals surface area contributed by atoms with Crippen molar-refractivity contribution < 1.29 is 14.3 Å².